The van der Waals surface area contributed by atoms with E-state index in [-0.39, 0.29) is 0 Å². The molecule has 0 aliphatic carbocycles. The average molecular weight is 412 g/mol. The number of hydrogen-bond donors (Lipinski definition) is 0. The summed E-state index contributed by atoms with van der Waals surface area (Å²) in [6, 6.07) is 21.0. The molecule has 0 aliphatic rings. The van der Waals surface area contributed by atoms with Gasteiger partial charge in [-0.3, -0.25) is 0 Å². The third-order valence-corrected chi connectivity index (χ3v) is 4.57. The van der Waals surface area contributed by atoms with Gasteiger partial charge in [0.05, 0.1) is 0 Å². The van der Waals surface area contributed by atoms with Crippen molar-refractivity contribution in [2.45, 2.75) is 20.8 Å². The number of carbonyl (C=O) groups excluding carboxylic acids is 2. The van der Waals surface area contributed by atoms with Gasteiger partial charge in [-0.05, 0) is 78.9 Å². The number of hydrogen-bond acceptors (Lipinski definition) is 4. The Morgan fingerprint density at radius 2 is 0.968 bits per heavy atom. The number of carbonyl (C=O) groups is 2. The summed E-state index contributed by atoms with van der Waals surface area (Å²) in [4.78, 5) is 23.4. The summed E-state index contributed by atoms with van der Waals surface area (Å²) in [5.74, 6) is 0.0694. The first kappa shape index (κ1) is 21.8. The predicted molar refractivity (Wildman–Crippen MR) is 123 cm³/mol. The van der Waals surface area contributed by atoms with Crippen molar-refractivity contribution in [3.05, 3.63) is 96.6 Å². The monoisotopic (exact) mass is 412 g/mol. The summed E-state index contributed by atoms with van der Waals surface area (Å²) in [7, 11) is 0. The molecule has 3 aromatic carbocycles. The molecule has 0 spiro atoms. The van der Waals surface area contributed by atoms with Crippen LogP contribution in [-0.4, -0.2) is 11.9 Å². The molecule has 0 saturated carbocycles. The van der Waals surface area contributed by atoms with Gasteiger partial charge in [0.25, 0.3) is 0 Å². The van der Waals surface area contributed by atoms with Crippen molar-refractivity contribution in [2.24, 2.45) is 0 Å². The molecule has 4 heteroatoms. The second-order valence-corrected chi connectivity index (χ2v) is 7.48. The van der Waals surface area contributed by atoms with Gasteiger partial charge < -0.3 is 9.47 Å². The highest BCUT2D eigenvalue weighted by Gasteiger charge is 2.09. The maximum atomic E-state index is 11.7. The largest absolute Gasteiger partial charge is 0.423 e. The molecule has 0 atom stereocenters. The third kappa shape index (κ3) is 5.58. The molecule has 0 aromatic heterocycles. The van der Waals surface area contributed by atoms with E-state index in [1.807, 2.05) is 31.2 Å². The molecule has 0 saturated heterocycles. The van der Waals surface area contributed by atoms with Crippen molar-refractivity contribution in [3.63, 3.8) is 0 Å². The minimum absolute atomic E-state index is 0.354. The maximum absolute atomic E-state index is 11.7. The lowest BCUT2D eigenvalue weighted by atomic mass is 9.96. The Balaban J connectivity index is 1.83. The van der Waals surface area contributed by atoms with Gasteiger partial charge in [0.15, 0.2) is 0 Å². The summed E-state index contributed by atoms with van der Waals surface area (Å²) in [5, 5.41) is 0. The molecule has 0 heterocycles. The normalized spacial score (nSPS) is 10.3. The van der Waals surface area contributed by atoms with Crippen LogP contribution in [0, 0.1) is 6.92 Å². The van der Waals surface area contributed by atoms with Crippen LogP contribution in [0.4, 0.5) is 0 Å². The Bertz CT molecular complexity index is 1060. The fourth-order valence-corrected chi connectivity index (χ4v) is 2.94. The van der Waals surface area contributed by atoms with E-state index in [2.05, 4.69) is 31.4 Å². The number of benzene rings is 3. The summed E-state index contributed by atoms with van der Waals surface area (Å²) in [6.07, 6.45) is 0. The first-order valence-corrected chi connectivity index (χ1v) is 9.81. The minimum atomic E-state index is -0.442. The van der Waals surface area contributed by atoms with Gasteiger partial charge >= 0.3 is 11.9 Å². The zero-order valence-electron chi connectivity index (χ0n) is 17.9. The van der Waals surface area contributed by atoms with E-state index in [0.29, 0.717) is 22.6 Å². The minimum Gasteiger partial charge on any atom is -0.423 e. The standard InChI is InChI=1S/C27H24O4/c1-17(2)26(28)30-24-10-6-20(7-11-24)22-14-19(5)15-23(16-22)21-8-12-25(13-9-21)31-27(29)18(3)4/h6-16H,1,3H2,2,4-5H3. The molecule has 0 fully saturated rings. The van der Waals surface area contributed by atoms with E-state index in [4.69, 9.17) is 9.47 Å². The lowest BCUT2D eigenvalue weighted by molar-refractivity contribution is -0.130. The van der Waals surface area contributed by atoms with Gasteiger partial charge in [-0.1, -0.05) is 49.6 Å². The van der Waals surface area contributed by atoms with Crippen LogP contribution in [0.1, 0.15) is 19.4 Å². The molecule has 31 heavy (non-hydrogen) atoms. The van der Waals surface area contributed by atoms with Crippen LogP contribution in [0.5, 0.6) is 11.5 Å². The van der Waals surface area contributed by atoms with E-state index in [1.54, 1.807) is 38.1 Å². The zero-order chi connectivity index (χ0) is 22.5. The maximum Gasteiger partial charge on any atom is 0.338 e. The molecular formula is C27H24O4. The summed E-state index contributed by atoms with van der Waals surface area (Å²) in [6.45, 7) is 12.4. The van der Waals surface area contributed by atoms with Gasteiger partial charge in [-0.15, -0.1) is 0 Å². The second kappa shape index (κ2) is 9.26. The Morgan fingerprint density at radius 1 is 0.613 bits per heavy atom. The van der Waals surface area contributed by atoms with Gasteiger partial charge in [0.2, 0.25) is 0 Å². The molecule has 3 rings (SSSR count). The predicted octanol–water partition coefficient (Wildman–Crippen LogP) is 6.29. The smallest absolute Gasteiger partial charge is 0.338 e. The fourth-order valence-electron chi connectivity index (χ4n) is 2.94. The van der Waals surface area contributed by atoms with Crippen LogP contribution >= 0.6 is 0 Å². The first-order valence-electron chi connectivity index (χ1n) is 9.81. The highest BCUT2D eigenvalue weighted by atomic mass is 16.5. The molecule has 0 aliphatic heterocycles. The van der Waals surface area contributed by atoms with Gasteiger partial charge in [0, 0.05) is 11.1 Å². The number of esters is 2. The first-order chi connectivity index (χ1) is 14.7. The average Bonchev–Trinajstić information content (AvgIpc) is 2.74. The SMILES string of the molecule is C=C(C)C(=O)Oc1ccc(-c2cc(C)cc(-c3ccc(OC(=O)C(=C)C)cc3)c2)cc1. The third-order valence-electron chi connectivity index (χ3n) is 4.57. The summed E-state index contributed by atoms with van der Waals surface area (Å²) in [5.41, 5.74) is 5.93. The topological polar surface area (TPSA) is 52.6 Å². The highest BCUT2D eigenvalue weighted by molar-refractivity contribution is 5.89. The van der Waals surface area contributed by atoms with E-state index >= 15 is 0 Å². The van der Waals surface area contributed by atoms with Crippen LogP contribution in [0.3, 0.4) is 0 Å². The second-order valence-electron chi connectivity index (χ2n) is 7.48. The number of aryl methyl sites for hydroxylation is 1. The van der Waals surface area contributed by atoms with Gasteiger partial charge in [0.1, 0.15) is 11.5 Å². The fraction of sp³-hybridized carbons (Fsp3) is 0.111. The van der Waals surface area contributed by atoms with E-state index in [0.717, 1.165) is 27.8 Å². The Kier molecular flexibility index (Phi) is 6.51. The van der Waals surface area contributed by atoms with Crippen molar-refractivity contribution in [3.8, 4) is 33.8 Å². The van der Waals surface area contributed by atoms with Crippen LogP contribution in [-0.2, 0) is 9.59 Å². The molecule has 156 valence electrons. The van der Waals surface area contributed by atoms with E-state index in [9.17, 15) is 9.59 Å². The molecule has 0 bridgehead atoms. The highest BCUT2D eigenvalue weighted by Crippen LogP contribution is 2.30. The lowest BCUT2D eigenvalue weighted by Crippen LogP contribution is -2.07. The van der Waals surface area contributed by atoms with Gasteiger partial charge in [-0.2, -0.15) is 0 Å². The van der Waals surface area contributed by atoms with Crippen molar-refractivity contribution in [1.82, 2.24) is 0 Å². The van der Waals surface area contributed by atoms with Crippen LogP contribution in [0.2, 0.25) is 0 Å². The molecular weight excluding hydrogens is 388 g/mol. The van der Waals surface area contributed by atoms with Crippen LogP contribution in [0.25, 0.3) is 22.3 Å². The molecule has 0 unspecified atom stereocenters. The van der Waals surface area contributed by atoms with Crippen molar-refractivity contribution >= 4 is 11.9 Å². The van der Waals surface area contributed by atoms with Gasteiger partial charge in [-0.25, -0.2) is 9.59 Å². The lowest BCUT2D eigenvalue weighted by Gasteiger charge is -2.10. The zero-order valence-corrected chi connectivity index (χ0v) is 17.9. The van der Waals surface area contributed by atoms with Crippen LogP contribution in [0.15, 0.2) is 91.0 Å². The molecule has 0 amide bonds. The van der Waals surface area contributed by atoms with Crippen molar-refractivity contribution < 1.29 is 19.1 Å². The molecule has 0 N–H and O–H groups in total. The van der Waals surface area contributed by atoms with Crippen LogP contribution < -0.4 is 9.47 Å². The molecule has 4 nitrogen and oxygen atoms in total. The Hall–Kier alpha value is -3.92. The quantitative estimate of drug-likeness (QED) is 0.271. The Morgan fingerprint density at radius 3 is 1.29 bits per heavy atom. The van der Waals surface area contributed by atoms with Crippen molar-refractivity contribution in [1.29, 1.82) is 0 Å². The number of rotatable bonds is 6. The summed E-state index contributed by atoms with van der Waals surface area (Å²) < 4.78 is 10.5. The van der Waals surface area contributed by atoms with E-state index < -0.39 is 11.9 Å². The molecule has 0 radical (unpaired) electrons. The van der Waals surface area contributed by atoms with Crippen molar-refractivity contribution in [2.75, 3.05) is 0 Å². The molecule has 3 aromatic rings. The number of ether oxygens (including phenoxy) is 2. The Labute approximate surface area is 182 Å². The van der Waals surface area contributed by atoms with E-state index in [1.165, 1.54) is 0 Å². The summed E-state index contributed by atoms with van der Waals surface area (Å²) >= 11 is 0.